The molecule has 11 nitrogen and oxygen atoms in total. The highest BCUT2D eigenvalue weighted by Crippen LogP contribution is 2.32. The molecule has 2 amide bonds. The Morgan fingerprint density at radius 3 is 2.56 bits per heavy atom. The normalized spacial score (nSPS) is 16.9. The number of aryl methyl sites for hydroxylation is 1. The number of fused-ring (bicyclic) bond motifs is 2. The van der Waals surface area contributed by atoms with E-state index in [1.54, 1.807) is 18.1 Å². The number of benzene rings is 2. The standard InChI is InChI=1S/C26H27ClN8O.C5H9NO/c1-33-22-6-5-19(11-17(22)12-24(33)36)31-25-21(27)15-28-26(32-25)35-9-7-18(8-10-35)30-20-4-3-16-14-29-34(2)23(16)13-20;7-5-3-1-2-4-6-5/h3-6,11,13-15,18,30H,7-10,12H2,1-2H3,(H,28,31,32);1-4H2,(H,6,7). The average Bonchev–Trinajstić information content (AvgIpc) is 3.52. The minimum absolute atomic E-state index is 0.0972. The predicted molar refractivity (Wildman–Crippen MR) is 170 cm³/mol. The molecule has 2 aromatic heterocycles. The molecule has 3 aliphatic heterocycles. The van der Waals surface area contributed by atoms with Crippen LogP contribution in [0.15, 0.2) is 48.8 Å². The number of hydrogen-bond acceptors (Lipinski definition) is 8. The van der Waals surface area contributed by atoms with Crippen LogP contribution in [0.4, 0.5) is 28.8 Å². The minimum atomic E-state index is 0.0972. The van der Waals surface area contributed by atoms with Crippen molar-refractivity contribution in [3.8, 4) is 0 Å². The molecule has 0 bridgehead atoms. The highest BCUT2D eigenvalue weighted by atomic mass is 35.5. The lowest BCUT2D eigenvalue weighted by molar-refractivity contribution is -0.122. The number of anilines is 5. The molecule has 2 aromatic carbocycles. The van der Waals surface area contributed by atoms with Crippen molar-refractivity contribution in [2.45, 2.75) is 44.6 Å². The summed E-state index contributed by atoms with van der Waals surface area (Å²) < 4.78 is 1.90. The van der Waals surface area contributed by atoms with Crippen LogP contribution in [0.25, 0.3) is 10.9 Å². The van der Waals surface area contributed by atoms with E-state index in [4.69, 9.17) is 16.6 Å². The molecule has 3 aliphatic rings. The fraction of sp³-hybridized carbons (Fsp3) is 0.387. The van der Waals surface area contributed by atoms with Crippen molar-refractivity contribution in [1.82, 2.24) is 25.1 Å². The maximum absolute atomic E-state index is 12.0. The van der Waals surface area contributed by atoms with Crippen LogP contribution in [0.2, 0.25) is 5.02 Å². The molecule has 2 fully saturated rings. The highest BCUT2D eigenvalue weighted by Gasteiger charge is 2.25. The summed E-state index contributed by atoms with van der Waals surface area (Å²) in [6, 6.07) is 12.6. The average molecular weight is 602 g/mol. The largest absolute Gasteiger partial charge is 0.382 e. The molecular formula is C31H36ClN9O2. The first-order valence-corrected chi connectivity index (χ1v) is 15.1. The van der Waals surface area contributed by atoms with Gasteiger partial charge in [0.2, 0.25) is 17.8 Å². The van der Waals surface area contributed by atoms with Crippen molar-refractivity contribution < 1.29 is 9.59 Å². The fourth-order valence-electron chi connectivity index (χ4n) is 5.70. The number of piperidine rings is 2. The zero-order valence-electron chi connectivity index (χ0n) is 24.4. The Bertz CT molecular complexity index is 1640. The monoisotopic (exact) mass is 601 g/mol. The molecule has 0 saturated carbocycles. The van der Waals surface area contributed by atoms with Crippen LogP contribution in [0.5, 0.6) is 0 Å². The van der Waals surface area contributed by atoms with E-state index in [0.29, 0.717) is 29.3 Å². The first-order chi connectivity index (χ1) is 20.8. The third-order valence-electron chi connectivity index (χ3n) is 8.20. The molecule has 0 aliphatic carbocycles. The van der Waals surface area contributed by atoms with E-state index in [-0.39, 0.29) is 11.8 Å². The van der Waals surface area contributed by atoms with Gasteiger partial charge in [-0.25, -0.2) is 4.98 Å². The molecule has 224 valence electrons. The third kappa shape index (κ3) is 6.51. The van der Waals surface area contributed by atoms with Gasteiger partial charge in [-0.15, -0.1) is 0 Å². The topological polar surface area (TPSA) is 120 Å². The van der Waals surface area contributed by atoms with Gasteiger partial charge in [0.05, 0.1) is 24.3 Å². The summed E-state index contributed by atoms with van der Waals surface area (Å²) in [5, 5.41) is 15.6. The van der Waals surface area contributed by atoms with E-state index >= 15 is 0 Å². The molecule has 2 saturated heterocycles. The Hall–Kier alpha value is -4.38. The molecule has 12 heteroatoms. The summed E-state index contributed by atoms with van der Waals surface area (Å²) in [4.78, 5) is 35.5. The Morgan fingerprint density at radius 2 is 1.81 bits per heavy atom. The van der Waals surface area contributed by atoms with E-state index in [9.17, 15) is 9.59 Å². The van der Waals surface area contributed by atoms with E-state index in [1.807, 2.05) is 36.1 Å². The number of aromatic nitrogens is 4. The van der Waals surface area contributed by atoms with E-state index in [1.165, 1.54) is 0 Å². The van der Waals surface area contributed by atoms with E-state index in [2.05, 4.69) is 49.1 Å². The van der Waals surface area contributed by atoms with E-state index in [0.717, 1.165) is 85.3 Å². The second-order valence-electron chi connectivity index (χ2n) is 11.2. The highest BCUT2D eigenvalue weighted by molar-refractivity contribution is 6.32. The molecule has 0 unspecified atom stereocenters. The number of likely N-dealkylation sites (N-methyl/N-ethyl adjacent to an activating group) is 1. The lowest BCUT2D eigenvalue weighted by atomic mass is 10.0. The quantitative estimate of drug-likeness (QED) is 0.302. The molecule has 7 rings (SSSR count). The minimum Gasteiger partial charge on any atom is -0.382 e. The lowest BCUT2D eigenvalue weighted by Crippen LogP contribution is -2.40. The molecule has 0 atom stereocenters. The summed E-state index contributed by atoms with van der Waals surface area (Å²) >= 11 is 6.42. The number of carbonyl (C=O) groups excluding carboxylic acids is 2. The van der Waals surface area contributed by atoms with Gasteiger partial charge in [0, 0.05) is 68.6 Å². The number of halogens is 1. The number of hydrogen-bond donors (Lipinski definition) is 3. The van der Waals surface area contributed by atoms with Crippen molar-refractivity contribution in [3.05, 3.63) is 59.4 Å². The van der Waals surface area contributed by atoms with Gasteiger partial charge in [-0.2, -0.15) is 10.1 Å². The van der Waals surface area contributed by atoms with Crippen LogP contribution in [-0.4, -0.2) is 64.3 Å². The van der Waals surface area contributed by atoms with E-state index < -0.39 is 0 Å². The number of amides is 2. The van der Waals surface area contributed by atoms with Gasteiger partial charge < -0.3 is 25.8 Å². The smallest absolute Gasteiger partial charge is 0.231 e. The van der Waals surface area contributed by atoms with Crippen LogP contribution in [-0.2, 0) is 23.1 Å². The van der Waals surface area contributed by atoms with Crippen molar-refractivity contribution in [2.24, 2.45) is 7.05 Å². The molecular weight excluding hydrogens is 566 g/mol. The van der Waals surface area contributed by atoms with Gasteiger partial charge in [0.15, 0.2) is 5.82 Å². The Labute approximate surface area is 255 Å². The number of nitrogens with zero attached hydrogens (tertiary/aromatic N) is 6. The molecule has 3 N–H and O–H groups in total. The molecule has 0 radical (unpaired) electrons. The SMILES string of the molecule is CN1C(=O)Cc2cc(Nc3nc(N4CCC(Nc5ccc6cnn(C)c6c5)CC4)ncc3Cl)ccc21.O=C1CCCCN1. The summed E-state index contributed by atoms with van der Waals surface area (Å²) in [6.07, 6.45) is 8.86. The summed E-state index contributed by atoms with van der Waals surface area (Å²) in [6.45, 7) is 2.58. The van der Waals surface area contributed by atoms with Crippen LogP contribution < -0.4 is 25.8 Å². The zero-order valence-corrected chi connectivity index (χ0v) is 25.2. The Morgan fingerprint density at radius 1 is 1.00 bits per heavy atom. The first-order valence-electron chi connectivity index (χ1n) is 14.7. The Kier molecular flexibility index (Phi) is 8.33. The summed E-state index contributed by atoms with van der Waals surface area (Å²) in [5.41, 5.74) is 5.01. The second-order valence-corrected chi connectivity index (χ2v) is 11.6. The predicted octanol–water partition coefficient (Wildman–Crippen LogP) is 4.65. The van der Waals surface area contributed by atoms with Crippen molar-refractivity contribution in [1.29, 1.82) is 0 Å². The van der Waals surface area contributed by atoms with Gasteiger partial charge in [0.25, 0.3) is 0 Å². The number of rotatable bonds is 5. The van der Waals surface area contributed by atoms with Crippen molar-refractivity contribution in [3.63, 3.8) is 0 Å². The van der Waals surface area contributed by atoms with Gasteiger partial charge in [-0.05, 0) is 67.6 Å². The third-order valence-corrected chi connectivity index (χ3v) is 8.48. The Balaban J connectivity index is 0.000000415. The molecule has 43 heavy (non-hydrogen) atoms. The van der Waals surface area contributed by atoms with Gasteiger partial charge in [-0.3, -0.25) is 14.3 Å². The van der Waals surface area contributed by atoms with Crippen LogP contribution in [0.3, 0.4) is 0 Å². The van der Waals surface area contributed by atoms with Gasteiger partial charge >= 0.3 is 0 Å². The summed E-state index contributed by atoms with van der Waals surface area (Å²) in [7, 11) is 3.76. The van der Waals surface area contributed by atoms with Gasteiger partial charge in [-0.1, -0.05) is 11.6 Å². The zero-order chi connectivity index (χ0) is 29.9. The summed E-state index contributed by atoms with van der Waals surface area (Å²) in [5.74, 6) is 1.53. The van der Waals surface area contributed by atoms with Crippen molar-refractivity contribution in [2.75, 3.05) is 47.1 Å². The first kappa shape index (κ1) is 28.7. The van der Waals surface area contributed by atoms with Gasteiger partial charge in [0.1, 0.15) is 5.02 Å². The van der Waals surface area contributed by atoms with Crippen LogP contribution in [0.1, 0.15) is 37.7 Å². The molecule has 0 spiro atoms. The number of nitrogens with one attached hydrogen (secondary N) is 3. The van der Waals surface area contributed by atoms with Crippen LogP contribution >= 0.6 is 11.6 Å². The van der Waals surface area contributed by atoms with Crippen molar-refractivity contribution >= 4 is 63.1 Å². The number of carbonyl (C=O) groups is 2. The molecule has 4 aromatic rings. The maximum Gasteiger partial charge on any atom is 0.231 e. The molecule has 5 heterocycles. The second kappa shape index (κ2) is 12.5. The maximum atomic E-state index is 12.0. The lowest BCUT2D eigenvalue weighted by Gasteiger charge is -2.33. The fourth-order valence-corrected chi connectivity index (χ4v) is 5.84. The van der Waals surface area contributed by atoms with Crippen LogP contribution in [0, 0.1) is 0 Å².